The molecule has 0 N–H and O–H groups in total. The SMILES string of the molecule is CCC(COC)n1cc(C)c2nc(-c3ccc(C(C)C)nc3N(C)C)c(C)nc21. The third-order valence-corrected chi connectivity index (χ3v) is 5.39. The summed E-state index contributed by atoms with van der Waals surface area (Å²) in [5, 5.41) is 0. The largest absolute Gasteiger partial charge is 0.383 e. The highest BCUT2D eigenvalue weighted by Crippen LogP contribution is 2.33. The molecule has 1 atom stereocenters. The summed E-state index contributed by atoms with van der Waals surface area (Å²) in [5.41, 5.74) is 6.89. The molecule has 0 aliphatic heterocycles. The lowest BCUT2D eigenvalue weighted by Crippen LogP contribution is -2.15. The minimum absolute atomic E-state index is 0.250. The van der Waals surface area contributed by atoms with E-state index in [1.165, 1.54) is 0 Å². The Balaban J connectivity index is 2.20. The number of methoxy groups -OCH3 is 1. The molecule has 0 amide bonds. The van der Waals surface area contributed by atoms with Crippen molar-refractivity contribution in [3.05, 3.63) is 35.3 Å². The van der Waals surface area contributed by atoms with E-state index in [2.05, 4.69) is 55.5 Å². The van der Waals surface area contributed by atoms with Gasteiger partial charge >= 0.3 is 0 Å². The monoisotopic (exact) mass is 395 g/mol. The molecule has 1 unspecified atom stereocenters. The summed E-state index contributed by atoms with van der Waals surface area (Å²) >= 11 is 0. The van der Waals surface area contributed by atoms with Gasteiger partial charge in [-0.15, -0.1) is 0 Å². The van der Waals surface area contributed by atoms with Gasteiger partial charge in [-0.1, -0.05) is 20.8 Å². The molecule has 0 fully saturated rings. The number of hydrogen-bond donors (Lipinski definition) is 0. The minimum Gasteiger partial charge on any atom is -0.383 e. The van der Waals surface area contributed by atoms with Crippen molar-refractivity contribution in [3.63, 3.8) is 0 Å². The van der Waals surface area contributed by atoms with E-state index in [1.54, 1.807) is 7.11 Å². The highest BCUT2D eigenvalue weighted by Gasteiger charge is 2.20. The summed E-state index contributed by atoms with van der Waals surface area (Å²) < 4.78 is 7.63. The van der Waals surface area contributed by atoms with Crippen LogP contribution in [0, 0.1) is 13.8 Å². The Morgan fingerprint density at radius 1 is 1.10 bits per heavy atom. The van der Waals surface area contributed by atoms with Gasteiger partial charge in [0.15, 0.2) is 5.65 Å². The second-order valence-corrected chi connectivity index (χ2v) is 8.22. The van der Waals surface area contributed by atoms with Crippen molar-refractivity contribution >= 4 is 17.0 Å². The van der Waals surface area contributed by atoms with Crippen LogP contribution in [0.2, 0.25) is 0 Å². The summed E-state index contributed by atoms with van der Waals surface area (Å²) in [4.78, 5) is 17.0. The normalized spacial score (nSPS) is 12.7. The fourth-order valence-corrected chi connectivity index (χ4v) is 3.71. The second kappa shape index (κ2) is 8.49. The molecular weight excluding hydrogens is 362 g/mol. The number of ether oxygens (including phenoxy) is 1. The Bertz CT molecular complexity index is 1010. The molecule has 0 spiro atoms. The Hall–Kier alpha value is -2.47. The van der Waals surface area contributed by atoms with Crippen LogP contribution in [0.3, 0.4) is 0 Å². The van der Waals surface area contributed by atoms with Gasteiger partial charge in [-0.05, 0) is 43.9 Å². The zero-order valence-electron chi connectivity index (χ0n) is 18.9. The fraction of sp³-hybridized carbons (Fsp3) is 0.522. The number of hydrogen-bond acceptors (Lipinski definition) is 5. The van der Waals surface area contributed by atoms with Crippen molar-refractivity contribution in [2.45, 2.75) is 53.0 Å². The van der Waals surface area contributed by atoms with E-state index in [0.29, 0.717) is 12.5 Å². The molecule has 0 saturated heterocycles. The summed E-state index contributed by atoms with van der Waals surface area (Å²) in [7, 11) is 5.79. The van der Waals surface area contributed by atoms with Crippen LogP contribution in [0.1, 0.15) is 56.1 Å². The van der Waals surface area contributed by atoms with Crippen molar-refractivity contribution < 1.29 is 4.74 Å². The molecule has 0 aromatic carbocycles. The molecule has 0 radical (unpaired) electrons. The van der Waals surface area contributed by atoms with Crippen LogP contribution in [-0.4, -0.2) is 47.3 Å². The number of anilines is 1. The predicted octanol–water partition coefficient (Wildman–Crippen LogP) is 4.90. The molecule has 156 valence electrons. The van der Waals surface area contributed by atoms with Crippen LogP contribution < -0.4 is 4.90 Å². The van der Waals surface area contributed by atoms with Crippen molar-refractivity contribution in [1.29, 1.82) is 0 Å². The van der Waals surface area contributed by atoms with Crippen LogP contribution >= 0.6 is 0 Å². The van der Waals surface area contributed by atoms with E-state index in [4.69, 9.17) is 19.7 Å². The first-order valence-electron chi connectivity index (χ1n) is 10.3. The van der Waals surface area contributed by atoms with Crippen molar-refractivity contribution in [2.24, 2.45) is 0 Å². The molecule has 3 aromatic heterocycles. The topological polar surface area (TPSA) is 56.1 Å². The van der Waals surface area contributed by atoms with Crippen molar-refractivity contribution in [2.75, 3.05) is 32.7 Å². The van der Waals surface area contributed by atoms with Crippen LogP contribution in [0.5, 0.6) is 0 Å². The number of aromatic nitrogens is 4. The summed E-state index contributed by atoms with van der Waals surface area (Å²) in [6.45, 7) is 11.3. The van der Waals surface area contributed by atoms with Crippen LogP contribution in [-0.2, 0) is 4.74 Å². The van der Waals surface area contributed by atoms with Gasteiger partial charge in [0.2, 0.25) is 0 Å². The lowest BCUT2D eigenvalue weighted by Gasteiger charge is -2.20. The molecule has 0 bridgehead atoms. The van der Waals surface area contributed by atoms with Crippen LogP contribution in [0.15, 0.2) is 18.3 Å². The molecule has 3 aromatic rings. The number of aryl methyl sites for hydroxylation is 2. The maximum atomic E-state index is 5.42. The van der Waals surface area contributed by atoms with Gasteiger partial charge in [-0.3, -0.25) is 0 Å². The predicted molar refractivity (Wildman–Crippen MR) is 120 cm³/mol. The Morgan fingerprint density at radius 3 is 2.41 bits per heavy atom. The van der Waals surface area contributed by atoms with Gasteiger partial charge < -0.3 is 14.2 Å². The number of rotatable bonds is 7. The highest BCUT2D eigenvalue weighted by atomic mass is 16.5. The minimum atomic E-state index is 0.250. The number of pyridine rings is 1. The molecule has 29 heavy (non-hydrogen) atoms. The molecule has 3 rings (SSSR count). The zero-order chi connectivity index (χ0) is 21.3. The summed E-state index contributed by atoms with van der Waals surface area (Å²) in [6.07, 6.45) is 3.12. The average molecular weight is 396 g/mol. The maximum absolute atomic E-state index is 5.42. The van der Waals surface area contributed by atoms with Crippen LogP contribution in [0.4, 0.5) is 5.82 Å². The zero-order valence-corrected chi connectivity index (χ0v) is 18.9. The van der Waals surface area contributed by atoms with Gasteiger partial charge in [0, 0.05) is 38.7 Å². The smallest absolute Gasteiger partial charge is 0.159 e. The maximum Gasteiger partial charge on any atom is 0.159 e. The Labute approximate surface area is 174 Å². The van der Waals surface area contributed by atoms with Gasteiger partial charge in [0.1, 0.15) is 11.3 Å². The van der Waals surface area contributed by atoms with E-state index in [9.17, 15) is 0 Å². The summed E-state index contributed by atoms with van der Waals surface area (Å²) in [5.74, 6) is 1.30. The fourth-order valence-electron chi connectivity index (χ4n) is 3.71. The molecular formula is C23H33N5O. The molecule has 6 nitrogen and oxygen atoms in total. The first-order chi connectivity index (χ1) is 13.8. The Morgan fingerprint density at radius 2 is 1.83 bits per heavy atom. The first-order valence-corrected chi connectivity index (χ1v) is 10.3. The second-order valence-electron chi connectivity index (χ2n) is 8.22. The van der Waals surface area contributed by atoms with Gasteiger partial charge in [-0.25, -0.2) is 15.0 Å². The molecule has 0 saturated carbocycles. The van der Waals surface area contributed by atoms with E-state index < -0.39 is 0 Å². The quantitative estimate of drug-likeness (QED) is 0.570. The standard InChI is InChI=1S/C23H33N5O/c1-9-17(13-29-8)28-12-15(4)20-23(28)24-16(5)21(26-20)18-10-11-19(14(2)3)25-22(18)27(6)7/h10-12,14,17H,9,13H2,1-8H3. The van der Waals surface area contributed by atoms with Crippen molar-refractivity contribution in [1.82, 2.24) is 19.5 Å². The van der Waals surface area contributed by atoms with E-state index in [-0.39, 0.29) is 6.04 Å². The van der Waals surface area contributed by atoms with E-state index >= 15 is 0 Å². The third-order valence-electron chi connectivity index (χ3n) is 5.39. The molecule has 0 aliphatic carbocycles. The molecule has 3 heterocycles. The number of nitrogens with zero attached hydrogens (tertiary/aromatic N) is 5. The number of fused-ring (bicyclic) bond motifs is 1. The van der Waals surface area contributed by atoms with Gasteiger partial charge in [0.05, 0.1) is 24.0 Å². The average Bonchev–Trinajstić information content (AvgIpc) is 3.00. The summed E-state index contributed by atoms with van der Waals surface area (Å²) in [6, 6.07) is 4.48. The van der Waals surface area contributed by atoms with E-state index in [1.807, 2.05) is 21.0 Å². The van der Waals surface area contributed by atoms with E-state index in [0.717, 1.165) is 51.6 Å². The third kappa shape index (κ3) is 3.99. The lowest BCUT2D eigenvalue weighted by molar-refractivity contribution is 0.154. The first kappa shape index (κ1) is 21.2. The molecule has 0 aliphatic rings. The highest BCUT2D eigenvalue weighted by molar-refractivity contribution is 5.82. The Kier molecular flexibility index (Phi) is 6.22. The van der Waals surface area contributed by atoms with Gasteiger partial charge in [0.25, 0.3) is 0 Å². The van der Waals surface area contributed by atoms with Crippen LogP contribution in [0.25, 0.3) is 22.4 Å². The molecule has 6 heteroatoms. The lowest BCUT2D eigenvalue weighted by atomic mass is 10.1. The van der Waals surface area contributed by atoms with Crippen molar-refractivity contribution in [3.8, 4) is 11.3 Å². The van der Waals surface area contributed by atoms with Gasteiger partial charge in [-0.2, -0.15) is 0 Å².